The minimum atomic E-state index is -0.456. The number of non-ortho nitro benzene ring substituents is 1. The quantitative estimate of drug-likeness (QED) is 0.450. The van der Waals surface area contributed by atoms with Gasteiger partial charge in [-0.25, -0.2) is 4.98 Å². The SMILES string of the molecule is Cl.NCCCCNC(=O)c1csc(-c2cccc([N+](=O)[O-])c2)n1. The molecule has 7 nitrogen and oxygen atoms in total. The van der Waals surface area contributed by atoms with Crippen LogP contribution in [0, 0.1) is 10.1 Å². The fraction of sp³-hybridized carbons (Fsp3) is 0.286. The van der Waals surface area contributed by atoms with Crippen LogP contribution in [0.15, 0.2) is 29.6 Å². The van der Waals surface area contributed by atoms with E-state index in [2.05, 4.69) is 10.3 Å². The summed E-state index contributed by atoms with van der Waals surface area (Å²) in [6.45, 7) is 1.16. The van der Waals surface area contributed by atoms with Crippen LogP contribution in [0.5, 0.6) is 0 Å². The summed E-state index contributed by atoms with van der Waals surface area (Å²) in [5.41, 5.74) is 6.33. The van der Waals surface area contributed by atoms with E-state index in [-0.39, 0.29) is 24.0 Å². The molecule has 0 aliphatic heterocycles. The number of carbonyl (C=O) groups excluding carboxylic acids is 1. The summed E-state index contributed by atoms with van der Waals surface area (Å²) in [4.78, 5) is 26.5. The van der Waals surface area contributed by atoms with Gasteiger partial charge in [0.15, 0.2) is 0 Å². The zero-order valence-electron chi connectivity index (χ0n) is 12.2. The van der Waals surface area contributed by atoms with Crippen LogP contribution in [0.4, 0.5) is 5.69 Å². The van der Waals surface area contributed by atoms with Crippen molar-refractivity contribution in [3.63, 3.8) is 0 Å². The van der Waals surface area contributed by atoms with Gasteiger partial charge in [-0.15, -0.1) is 23.7 Å². The molecular weight excluding hydrogens is 340 g/mol. The monoisotopic (exact) mass is 356 g/mol. The maximum atomic E-state index is 11.9. The summed E-state index contributed by atoms with van der Waals surface area (Å²) in [5, 5.41) is 15.8. The molecule has 3 N–H and O–H groups in total. The minimum Gasteiger partial charge on any atom is -0.351 e. The minimum absolute atomic E-state index is 0. The molecule has 0 unspecified atom stereocenters. The highest BCUT2D eigenvalue weighted by Crippen LogP contribution is 2.26. The Hall–Kier alpha value is -2.03. The van der Waals surface area contributed by atoms with E-state index >= 15 is 0 Å². The van der Waals surface area contributed by atoms with E-state index in [1.165, 1.54) is 23.5 Å². The number of nitrogens with two attached hydrogens (primary N) is 1. The van der Waals surface area contributed by atoms with Crippen LogP contribution in [0.25, 0.3) is 10.6 Å². The number of rotatable bonds is 7. The van der Waals surface area contributed by atoms with Gasteiger partial charge in [0.2, 0.25) is 0 Å². The molecule has 0 saturated carbocycles. The molecule has 0 saturated heterocycles. The lowest BCUT2D eigenvalue weighted by molar-refractivity contribution is -0.384. The number of carbonyl (C=O) groups is 1. The molecule has 1 heterocycles. The van der Waals surface area contributed by atoms with Gasteiger partial charge in [-0.2, -0.15) is 0 Å². The van der Waals surface area contributed by atoms with Crippen LogP contribution in [-0.2, 0) is 0 Å². The highest BCUT2D eigenvalue weighted by atomic mass is 35.5. The summed E-state index contributed by atoms with van der Waals surface area (Å²) >= 11 is 1.28. The topological polar surface area (TPSA) is 111 Å². The number of unbranched alkanes of at least 4 members (excludes halogenated alkanes) is 1. The van der Waals surface area contributed by atoms with E-state index in [1.54, 1.807) is 17.5 Å². The first-order chi connectivity index (χ1) is 10.6. The molecule has 0 spiro atoms. The number of nitro groups is 1. The Bertz CT molecular complexity index is 678. The van der Waals surface area contributed by atoms with E-state index < -0.39 is 4.92 Å². The van der Waals surface area contributed by atoms with Crippen LogP contribution in [0.2, 0.25) is 0 Å². The largest absolute Gasteiger partial charge is 0.351 e. The van der Waals surface area contributed by atoms with Crippen LogP contribution < -0.4 is 11.1 Å². The average molecular weight is 357 g/mol. The highest BCUT2D eigenvalue weighted by molar-refractivity contribution is 7.13. The number of aromatic nitrogens is 1. The van der Waals surface area contributed by atoms with E-state index in [0.29, 0.717) is 29.4 Å². The first kappa shape index (κ1) is 19.0. The fourth-order valence-electron chi connectivity index (χ4n) is 1.82. The molecule has 124 valence electrons. The fourth-order valence-corrected chi connectivity index (χ4v) is 2.62. The molecule has 2 aromatic rings. The number of amides is 1. The van der Waals surface area contributed by atoms with Crippen molar-refractivity contribution in [3.8, 4) is 10.6 Å². The van der Waals surface area contributed by atoms with Gasteiger partial charge in [-0.1, -0.05) is 12.1 Å². The lowest BCUT2D eigenvalue weighted by Crippen LogP contribution is -2.25. The zero-order chi connectivity index (χ0) is 15.9. The second-order valence-electron chi connectivity index (χ2n) is 4.60. The predicted molar refractivity (Wildman–Crippen MR) is 92.1 cm³/mol. The van der Waals surface area contributed by atoms with Crippen molar-refractivity contribution in [3.05, 3.63) is 45.5 Å². The van der Waals surface area contributed by atoms with E-state index in [4.69, 9.17) is 5.73 Å². The predicted octanol–water partition coefficient (Wildman–Crippen LogP) is 2.61. The summed E-state index contributed by atoms with van der Waals surface area (Å²) in [7, 11) is 0. The lowest BCUT2D eigenvalue weighted by Gasteiger charge is -2.01. The first-order valence-electron chi connectivity index (χ1n) is 6.80. The number of benzene rings is 1. The molecular formula is C14H17ClN4O3S. The average Bonchev–Trinajstić information content (AvgIpc) is 3.01. The van der Waals surface area contributed by atoms with Gasteiger partial charge >= 0.3 is 0 Å². The standard InChI is InChI=1S/C14H16N4O3S.ClH/c15-6-1-2-7-16-13(19)12-9-22-14(17-12)10-4-3-5-11(8-10)18(20)21;/h3-5,8-9H,1-2,6-7,15H2,(H,16,19);1H. The summed E-state index contributed by atoms with van der Waals surface area (Å²) in [6, 6.07) is 6.19. The number of nitrogens with one attached hydrogen (secondary N) is 1. The molecule has 2 rings (SSSR count). The van der Waals surface area contributed by atoms with Gasteiger partial charge in [0, 0.05) is 29.6 Å². The summed E-state index contributed by atoms with van der Waals surface area (Å²) in [5.74, 6) is -0.245. The van der Waals surface area contributed by atoms with Gasteiger partial charge in [0.1, 0.15) is 10.7 Å². The molecule has 1 aromatic carbocycles. The molecule has 0 fully saturated rings. The molecule has 23 heavy (non-hydrogen) atoms. The number of halogens is 1. The Morgan fingerprint density at radius 1 is 1.39 bits per heavy atom. The van der Waals surface area contributed by atoms with Gasteiger partial charge < -0.3 is 11.1 Å². The Balaban J connectivity index is 0.00000264. The lowest BCUT2D eigenvalue weighted by atomic mass is 10.2. The van der Waals surface area contributed by atoms with E-state index in [1.807, 2.05) is 0 Å². The third-order valence-corrected chi connectivity index (χ3v) is 3.85. The Morgan fingerprint density at radius 3 is 2.87 bits per heavy atom. The highest BCUT2D eigenvalue weighted by Gasteiger charge is 2.13. The number of thiazole rings is 1. The second-order valence-corrected chi connectivity index (χ2v) is 5.46. The van der Waals surface area contributed by atoms with E-state index in [9.17, 15) is 14.9 Å². The number of nitrogens with zero attached hydrogens (tertiary/aromatic N) is 2. The van der Waals surface area contributed by atoms with Crippen molar-refractivity contribution >= 4 is 35.3 Å². The van der Waals surface area contributed by atoms with Crippen LogP contribution in [0.3, 0.4) is 0 Å². The molecule has 9 heteroatoms. The third-order valence-electron chi connectivity index (χ3n) is 2.96. The maximum Gasteiger partial charge on any atom is 0.270 e. The molecule has 0 aliphatic rings. The molecule has 0 atom stereocenters. The van der Waals surface area contributed by atoms with Gasteiger partial charge in [-0.05, 0) is 19.4 Å². The summed E-state index contributed by atoms with van der Waals surface area (Å²) in [6.07, 6.45) is 1.68. The van der Waals surface area contributed by atoms with Crippen molar-refractivity contribution in [1.82, 2.24) is 10.3 Å². The van der Waals surface area contributed by atoms with Crippen molar-refractivity contribution in [1.29, 1.82) is 0 Å². The third kappa shape index (κ3) is 5.27. The number of hydrogen-bond donors (Lipinski definition) is 2. The van der Waals surface area contributed by atoms with Crippen molar-refractivity contribution in [2.75, 3.05) is 13.1 Å². The van der Waals surface area contributed by atoms with Gasteiger partial charge in [0.05, 0.1) is 4.92 Å². The van der Waals surface area contributed by atoms with Gasteiger partial charge in [-0.3, -0.25) is 14.9 Å². The molecule has 0 bridgehead atoms. The number of hydrogen-bond acceptors (Lipinski definition) is 6. The van der Waals surface area contributed by atoms with Crippen molar-refractivity contribution in [2.45, 2.75) is 12.8 Å². The van der Waals surface area contributed by atoms with Gasteiger partial charge in [0.25, 0.3) is 11.6 Å². The first-order valence-corrected chi connectivity index (χ1v) is 7.68. The van der Waals surface area contributed by atoms with E-state index in [0.717, 1.165) is 12.8 Å². The number of nitro benzene ring substituents is 1. The molecule has 1 amide bonds. The summed E-state index contributed by atoms with van der Waals surface area (Å²) < 4.78 is 0. The normalized spacial score (nSPS) is 9.96. The van der Waals surface area contributed by atoms with Crippen molar-refractivity contribution in [2.24, 2.45) is 5.73 Å². The molecule has 1 aromatic heterocycles. The molecule has 0 radical (unpaired) electrons. The van der Waals surface area contributed by atoms with Crippen molar-refractivity contribution < 1.29 is 9.72 Å². The Morgan fingerprint density at radius 2 is 2.17 bits per heavy atom. The second kappa shape index (κ2) is 9.19. The zero-order valence-corrected chi connectivity index (χ0v) is 13.9. The van der Waals surface area contributed by atoms with Crippen LogP contribution in [0.1, 0.15) is 23.3 Å². The Labute approximate surface area is 143 Å². The smallest absolute Gasteiger partial charge is 0.270 e. The maximum absolute atomic E-state index is 11.9. The van der Waals surface area contributed by atoms with Crippen LogP contribution >= 0.6 is 23.7 Å². The Kier molecular flexibility index (Phi) is 7.60. The molecule has 0 aliphatic carbocycles. The van der Waals surface area contributed by atoms with Crippen LogP contribution in [-0.4, -0.2) is 28.9 Å².